The second-order valence-electron chi connectivity index (χ2n) is 2.67. The van der Waals surface area contributed by atoms with Crippen LogP contribution in [0.25, 0.3) is 0 Å². The van der Waals surface area contributed by atoms with Gasteiger partial charge < -0.3 is 4.90 Å². The van der Waals surface area contributed by atoms with E-state index in [1.54, 1.807) is 14.1 Å². The van der Waals surface area contributed by atoms with Gasteiger partial charge in [0.25, 0.3) is 0 Å². The van der Waals surface area contributed by atoms with Gasteiger partial charge >= 0.3 is 0 Å². The number of anilines is 1. The molecule has 0 aliphatic heterocycles. The van der Waals surface area contributed by atoms with Gasteiger partial charge in [-0.2, -0.15) is 0 Å². The third-order valence-corrected chi connectivity index (χ3v) is 2.16. The number of aldehydes is 1. The number of hydrogen-bond acceptors (Lipinski definition) is 3. The summed E-state index contributed by atoms with van der Waals surface area (Å²) < 4.78 is 13.8. The molecule has 0 radical (unpaired) electrons. The Bertz CT molecular complexity index is 341. The first kappa shape index (κ1) is 10.1. The van der Waals surface area contributed by atoms with E-state index in [0.717, 1.165) is 0 Å². The average molecular weight is 247 g/mol. The second-order valence-corrected chi connectivity index (χ2v) is 3.52. The maximum Gasteiger partial charge on any atom is 0.177 e. The Morgan fingerprint density at radius 3 is 2.69 bits per heavy atom. The largest absolute Gasteiger partial charge is 0.360 e. The number of pyridine rings is 1. The standard InChI is InChI=1S/C8H8BrFN2O/c1-12(2)8-7(10)5(4-13)6(9)3-11-8/h3-4H,1-2H3. The van der Waals surface area contributed by atoms with Crippen LogP contribution in [0.2, 0.25) is 0 Å². The van der Waals surface area contributed by atoms with Crippen LogP contribution in [0.3, 0.4) is 0 Å². The molecule has 0 fully saturated rings. The predicted octanol–water partition coefficient (Wildman–Crippen LogP) is 1.86. The molecule has 0 spiro atoms. The van der Waals surface area contributed by atoms with E-state index in [1.165, 1.54) is 11.1 Å². The van der Waals surface area contributed by atoms with Gasteiger partial charge in [-0.05, 0) is 15.9 Å². The molecule has 0 aliphatic rings. The van der Waals surface area contributed by atoms with Gasteiger partial charge in [0.2, 0.25) is 0 Å². The first-order valence-corrected chi connectivity index (χ1v) is 4.33. The normalized spacial score (nSPS) is 9.85. The zero-order valence-corrected chi connectivity index (χ0v) is 8.80. The minimum absolute atomic E-state index is 0.00120. The summed E-state index contributed by atoms with van der Waals surface area (Å²) in [6.07, 6.45) is 1.87. The van der Waals surface area contributed by atoms with Crippen LogP contribution in [0.4, 0.5) is 10.2 Å². The molecule has 0 unspecified atom stereocenters. The van der Waals surface area contributed by atoms with Crippen LogP contribution in [0.15, 0.2) is 10.7 Å². The van der Waals surface area contributed by atoms with Crippen molar-refractivity contribution in [1.29, 1.82) is 0 Å². The van der Waals surface area contributed by atoms with Crippen LogP contribution in [0.5, 0.6) is 0 Å². The Morgan fingerprint density at radius 2 is 2.23 bits per heavy atom. The van der Waals surface area contributed by atoms with Crippen molar-refractivity contribution in [3.63, 3.8) is 0 Å². The van der Waals surface area contributed by atoms with Gasteiger partial charge in [-0.3, -0.25) is 4.79 Å². The molecule has 0 aliphatic carbocycles. The number of carbonyl (C=O) groups excluding carboxylic acids is 1. The molecule has 1 aromatic heterocycles. The van der Waals surface area contributed by atoms with Crippen molar-refractivity contribution in [3.05, 3.63) is 22.1 Å². The lowest BCUT2D eigenvalue weighted by Crippen LogP contribution is -2.14. The van der Waals surface area contributed by atoms with E-state index in [2.05, 4.69) is 20.9 Å². The van der Waals surface area contributed by atoms with Crippen molar-refractivity contribution in [2.24, 2.45) is 0 Å². The van der Waals surface area contributed by atoms with Crippen LogP contribution in [-0.4, -0.2) is 25.4 Å². The maximum atomic E-state index is 13.4. The highest BCUT2D eigenvalue weighted by atomic mass is 79.9. The van der Waals surface area contributed by atoms with Gasteiger partial charge in [0.15, 0.2) is 17.9 Å². The van der Waals surface area contributed by atoms with Gasteiger partial charge in [0.1, 0.15) is 0 Å². The Labute approximate surface area is 83.7 Å². The summed E-state index contributed by atoms with van der Waals surface area (Å²) in [5.74, 6) is -0.445. The number of hydrogen-bond donors (Lipinski definition) is 0. The summed E-state index contributed by atoms with van der Waals surface area (Å²) in [6.45, 7) is 0. The lowest BCUT2D eigenvalue weighted by atomic mass is 10.2. The maximum absolute atomic E-state index is 13.4. The van der Waals surface area contributed by atoms with Crippen LogP contribution < -0.4 is 4.90 Å². The summed E-state index contributed by atoms with van der Waals surface area (Å²) >= 11 is 3.04. The van der Waals surface area contributed by atoms with Gasteiger partial charge in [-0.25, -0.2) is 9.37 Å². The molecule has 0 N–H and O–H groups in total. The molecular formula is C8H8BrFN2O. The van der Waals surface area contributed by atoms with E-state index >= 15 is 0 Å². The fourth-order valence-corrected chi connectivity index (χ4v) is 1.26. The summed E-state index contributed by atoms with van der Waals surface area (Å²) in [7, 11) is 3.32. The van der Waals surface area contributed by atoms with Gasteiger partial charge in [0, 0.05) is 24.8 Å². The first-order valence-electron chi connectivity index (χ1n) is 3.54. The van der Waals surface area contributed by atoms with Crippen molar-refractivity contribution in [2.45, 2.75) is 0 Å². The van der Waals surface area contributed by atoms with Crippen LogP contribution in [0, 0.1) is 5.82 Å². The number of aromatic nitrogens is 1. The fraction of sp³-hybridized carbons (Fsp3) is 0.250. The zero-order valence-electron chi connectivity index (χ0n) is 7.21. The lowest BCUT2D eigenvalue weighted by molar-refractivity contribution is 0.111. The molecule has 1 heterocycles. The fourth-order valence-electron chi connectivity index (χ4n) is 0.889. The lowest BCUT2D eigenvalue weighted by Gasteiger charge is -2.12. The number of nitrogens with zero attached hydrogens (tertiary/aromatic N) is 2. The summed E-state index contributed by atoms with van der Waals surface area (Å²) in [6, 6.07) is 0. The number of halogens is 2. The van der Waals surface area contributed by atoms with Gasteiger partial charge in [-0.15, -0.1) is 0 Å². The van der Waals surface area contributed by atoms with E-state index in [0.29, 0.717) is 10.8 Å². The Balaban J connectivity index is 3.35. The second kappa shape index (κ2) is 3.83. The quantitative estimate of drug-likeness (QED) is 0.748. The first-order chi connectivity index (χ1) is 6.07. The molecule has 0 atom stereocenters. The van der Waals surface area contributed by atoms with Crippen LogP contribution in [0.1, 0.15) is 10.4 Å². The predicted molar refractivity (Wildman–Crippen MR) is 51.6 cm³/mol. The van der Waals surface area contributed by atoms with E-state index in [-0.39, 0.29) is 11.4 Å². The highest BCUT2D eigenvalue weighted by Gasteiger charge is 2.13. The van der Waals surface area contributed by atoms with Crippen molar-refractivity contribution in [3.8, 4) is 0 Å². The molecule has 1 rings (SSSR count). The minimum atomic E-state index is -0.602. The van der Waals surface area contributed by atoms with Crippen molar-refractivity contribution in [2.75, 3.05) is 19.0 Å². The summed E-state index contributed by atoms with van der Waals surface area (Å²) in [5, 5.41) is 0. The Kier molecular flexibility index (Phi) is 2.98. The SMILES string of the molecule is CN(C)c1ncc(Br)c(C=O)c1F. The molecule has 0 amide bonds. The molecule has 1 aromatic rings. The highest BCUT2D eigenvalue weighted by Crippen LogP contribution is 2.23. The number of carbonyl (C=O) groups is 1. The van der Waals surface area contributed by atoms with E-state index in [1.807, 2.05) is 0 Å². The van der Waals surface area contributed by atoms with E-state index < -0.39 is 5.82 Å². The smallest absolute Gasteiger partial charge is 0.177 e. The molecule has 3 nitrogen and oxygen atoms in total. The van der Waals surface area contributed by atoms with Crippen LogP contribution in [-0.2, 0) is 0 Å². The third kappa shape index (κ3) is 1.85. The number of rotatable bonds is 2. The zero-order chi connectivity index (χ0) is 10.0. The third-order valence-electron chi connectivity index (χ3n) is 1.53. The van der Waals surface area contributed by atoms with Crippen molar-refractivity contribution >= 4 is 28.0 Å². The highest BCUT2D eigenvalue weighted by molar-refractivity contribution is 9.10. The molecule has 0 saturated heterocycles. The monoisotopic (exact) mass is 246 g/mol. The summed E-state index contributed by atoms with van der Waals surface area (Å²) in [4.78, 5) is 15.8. The van der Waals surface area contributed by atoms with Gasteiger partial charge in [0.05, 0.1) is 5.56 Å². The van der Waals surface area contributed by atoms with Crippen molar-refractivity contribution in [1.82, 2.24) is 4.98 Å². The molecule has 0 bridgehead atoms. The Hall–Kier alpha value is -0.970. The molecule has 0 aromatic carbocycles. The molecule has 13 heavy (non-hydrogen) atoms. The van der Waals surface area contributed by atoms with Crippen LogP contribution >= 0.6 is 15.9 Å². The topological polar surface area (TPSA) is 33.2 Å². The minimum Gasteiger partial charge on any atom is -0.360 e. The molecule has 5 heteroatoms. The van der Waals surface area contributed by atoms with E-state index in [4.69, 9.17) is 0 Å². The molecular weight excluding hydrogens is 239 g/mol. The van der Waals surface area contributed by atoms with Crippen molar-refractivity contribution < 1.29 is 9.18 Å². The summed E-state index contributed by atoms with van der Waals surface area (Å²) in [5.41, 5.74) is -0.00120. The molecule has 0 saturated carbocycles. The average Bonchev–Trinajstić information content (AvgIpc) is 2.04. The van der Waals surface area contributed by atoms with Gasteiger partial charge in [-0.1, -0.05) is 0 Å². The molecule has 70 valence electrons. The Morgan fingerprint density at radius 1 is 1.62 bits per heavy atom. The van der Waals surface area contributed by atoms with E-state index in [9.17, 15) is 9.18 Å².